The summed E-state index contributed by atoms with van der Waals surface area (Å²) in [4.78, 5) is 7.48. The van der Waals surface area contributed by atoms with E-state index in [0.29, 0.717) is 0 Å². The molecule has 104 valence electrons. The topological polar surface area (TPSA) is 51.4 Å². The maximum Gasteiger partial charge on any atom is 0.179 e. The molecule has 1 unspecified atom stereocenters. The van der Waals surface area contributed by atoms with Gasteiger partial charge in [-0.05, 0) is 37.2 Å². The average molecular weight is 287 g/mol. The molecule has 3 rings (SSSR count). The Balaban J connectivity index is 2.24. The summed E-state index contributed by atoms with van der Waals surface area (Å²) in [5, 5.41) is 4.55. The van der Waals surface area contributed by atoms with Gasteiger partial charge in [-0.3, -0.25) is 14.2 Å². The quantitative estimate of drug-likeness (QED) is 0.753. The molecule has 0 radical (unpaired) electrons. The van der Waals surface area contributed by atoms with Crippen LogP contribution in [0.4, 0.5) is 0 Å². The number of aromatic nitrogens is 5. The van der Waals surface area contributed by atoms with Crippen molar-refractivity contribution in [1.82, 2.24) is 24.3 Å². The van der Waals surface area contributed by atoms with Crippen LogP contribution in [0.15, 0.2) is 24.5 Å². The zero-order valence-electron chi connectivity index (χ0n) is 11.8. The Kier molecular flexibility index (Phi) is 3.17. The first-order valence-electron chi connectivity index (χ1n) is 6.69. The van der Waals surface area contributed by atoms with Crippen LogP contribution >= 0.6 is 12.2 Å². The Hall–Kier alpha value is -1.95. The molecular weight excluding hydrogens is 270 g/mol. The zero-order chi connectivity index (χ0) is 14.3. The average Bonchev–Trinajstić information content (AvgIpc) is 2.96. The van der Waals surface area contributed by atoms with Crippen LogP contribution in [-0.4, -0.2) is 24.3 Å². The highest BCUT2D eigenvalue weighted by Crippen LogP contribution is 2.25. The number of hydrogen-bond acceptors (Lipinski definition) is 3. The van der Waals surface area contributed by atoms with Crippen LogP contribution in [0.1, 0.15) is 31.1 Å². The summed E-state index contributed by atoms with van der Waals surface area (Å²) >= 11 is 5.50. The number of hydrogen-bond donors (Lipinski definition) is 1. The molecule has 0 saturated heterocycles. The standard InChI is InChI=1S/C14H17N5S/c1-4-11-12-13(18(3)17-11)19(14(20)16-12)9(2)10-6-5-7-15-8-10/h5-9H,4H2,1-3H3,(H,16,20). The minimum absolute atomic E-state index is 0.116. The van der Waals surface area contributed by atoms with Crippen molar-refractivity contribution in [2.75, 3.05) is 0 Å². The second-order valence-electron chi connectivity index (χ2n) is 4.88. The summed E-state index contributed by atoms with van der Waals surface area (Å²) in [5.41, 5.74) is 4.24. The second kappa shape index (κ2) is 4.86. The van der Waals surface area contributed by atoms with Crippen molar-refractivity contribution in [3.05, 3.63) is 40.6 Å². The summed E-state index contributed by atoms with van der Waals surface area (Å²) in [6, 6.07) is 4.13. The number of aromatic amines is 1. The number of nitrogens with zero attached hydrogens (tertiary/aromatic N) is 4. The monoisotopic (exact) mass is 287 g/mol. The second-order valence-corrected chi connectivity index (χ2v) is 5.27. The van der Waals surface area contributed by atoms with Gasteiger partial charge in [0.15, 0.2) is 10.4 Å². The summed E-state index contributed by atoms with van der Waals surface area (Å²) in [6.45, 7) is 4.22. The Morgan fingerprint density at radius 3 is 2.90 bits per heavy atom. The number of rotatable bonds is 3. The van der Waals surface area contributed by atoms with Crippen LogP contribution in [0.2, 0.25) is 0 Å². The predicted octanol–water partition coefficient (Wildman–Crippen LogP) is 3.00. The lowest BCUT2D eigenvalue weighted by Gasteiger charge is -2.14. The summed E-state index contributed by atoms with van der Waals surface area (Å²) < 4.78 is 4.72. The van der Waals surface area contributed by atoms with Gasteiger partial charge in [-0.2, -0.15) is 5.10 Å². The van der Waals surface area contributed by atoms with Crippen molar-refractivity contribution in [3.8, 4) is 0 Å². The first-order valence-corrected chi connectivity index (χ1v) is 7.10. The number of imidazole rings is 1. The molecule has 3 aromatic rings. The van der Waals surface area contributed by atoms with E-state index in [0.717, 1.165) is 33.6 Å². The van der Waals surface area contributed by atoms with Gasteiger partial charge in [0.1, 0.15) is 5.52 Å². The van der Waals surface area contributed by atoms with Gasteiger partial charge in [0.05, 0.1) is 11.7 Å². The normalized spacial score (nSPS) is 12.9. The SMILES string of the molecule is CCc1nn(C)c2c1[nH]c(=S)n2C(C)c1cccnc1. The molecule has 0 spiro atoms. The van der Waals surface area contributed by atoms with Crippen molar-refractivity contribution in [1.29, 1.82) is 0 Å². The van der Waals surface area contributed by atoms with Gasteiger partial charge in [0.25, 0.3) is 0 Å². The van der Waals surface area contributed by atoms with Crippen LogP contribution in [-0.2, 0) is 13.5 Å². The predicted molar refractivity (Wildman–Crippen MR) is 81.3 cm³/mol. The number of fused-ring (bicyclic) bond motifs is 1. The molecule has 5 nitrogen and oxygen atoms in total. The van der Waals surface area contributed by atoms with E-state index in [1.54, 1.807) is 6.20 Å². The van der Waals surface area contributed by atoms with Gasteiger partial charge in [0.2, 0.25) is 0 Å². The number of nitrogens with one attached hydrogen (secondary N) is 1. The number of pyridine rings is 1. The van der Waals surface area contributed by atoms with Gasteiger partial charge in [-0.15, -0.1) is 0 Å². The first kappa shape index (κ1) is 13.1. The molecule has 0 aromatic carbocycles. The van der Waals surface area contributed by atoms with E-state index in [2.05, 4.69) is 39.5 Å². The molecule has 0 fully saturated rings. The Labute approximate surface area is 122 Å². The minimum atomic E-state index is 0.116. The van der Waals surface area contributed by atoms with Gasteiger partial charge in [0, 0.05) is 19.4 Å². The van der Waals surface area contributed by atoms with Crippen molar-refractivity contribution < 1.29 is 0 Å². The highest BCUT2D eigenvalue weighted by atomic mass is 32.1. The minimum Gasteiger partial charge on any atom is -0.328 e. The Bertz CT molecular complexity index is 796. The summed E-state index contributed by atoms with van der Waals surface area (Å²) in [7, 11) is 1.95. The lowest BCUT2D eigenvalue weighted by molar-refractivity contribution is 0.617. The summed E-state index contributed by atoms with van der Waals surface area (Å²) in [5.74, 6) is 0. The van der Waals surface area contributed by atoms with Gasteiger partial charge in [-0.1, -0.05) is 13.0 Å². The van der Waals surface area contributed by atoms with Gasteiger partial charge >= 0.3 is 0 Å². The van der Waals surface area contributed by atoms with Crippen LogP contribution in [0.5, 0.6) is 0 Å². The molecule has 0 bridgehead atoms. The number of H-pyrrole nitrogens is 1. The Morgan fingerprint density at radius 2 is 2.25 bits per heavy atom. The van der Waals surface area contributed by atoms with Crippen LogP contribution in [0, 0.1) is 4.77 Å². The van der Waals surface area contributed by atoms with E-state index in [1.807, 2.05) is 24.0 Å². The molecule has 0 aliphatic carbocycles. The molecule has 0 saturated carbocycles. The largest absolute Gasteiger partial charge is 0.328 e. The van der Waals surface area contributed by atoms with E-state index >= 15 is 0 Å². The highest BCUT2D eigenvalue weighted by Gasteiger charge is 2.18. The molecule has 20 heavy (non-hydrogen) atoms. The third kappa shape index (κ3) is 1.87. The molecule has 1 N–H and O–H groups in total. The zero-order valence-corrected chi connectivity index (χ0v) is 12.6. The Morgan fingerprint density at radius 1 is 1.45 bits per heavy atom. The van der Waals surface area contributed by atoms with Crippen molar-refractivity contribution in [3.63, 3.8) is 0 Å². The fourth-order valence-electron chi connectivity index (χ4n) is 2.62. The third-order valence-corrected chi connectivity index (χ3v) is 3.96. The van der Waals surface area contributed by atoms with Crippen LogP contribution in [0.25, 0.3) is 11.2 Å². The van der Waals surface area contributed by atoms with Crippen molar-refractivity contribution >= 4 is 23.4 Å². The van der Waals surface area contributed by atoms with E-state index in [9.17, 15) is 0 Å². The fraction of sp³-hybridized carbons (Fsp3) is 0.357. The van der Waals surface area contributed by atoms with Crippen molar-refractivity contribution in [2.24, 2.45) is 7.05 Å². The smallest absolute Gasteiger partial charge is 0.179 e. The lowest BCUT2D eigenvalue weighted by atomic mass is 10.1. The maximum absolute atomic E-state index is 5.50. The maximum atomic E-state index is 5.50. The molecule has 3 heterocycles. The fourth-order valence-corrected chi connectivity index (χ4v) is 2.96. The van der Waals surface area contributed by atoms with E-state index in [4.69, 9.17) is 12.2 Å². The molecule has 1 atom stereocenters. The van der Waals surface area contributed by atoms with E-state index in [1.165, 1.54) is 0 Å². The molecule has 0 aliphatic heterocycles. The van der Waals surface area contributed by atoms with E-state index in [-0.39, 0.29) is 6.04 Å². The summed E-state index contributed by atoms with van der Waals surface area (Å²) in [6.07, 6.45) is 4.54. The lowest BCUT2D eigenvalue weighted by Crippen LogP contribution is -2.10. The van der Waals surface area contributed by atoms with Gasteiger partial charge < -0.3 is 4.98 Å². The van der Waals surface area contributed by atoms with E-state index < -0.39 is 0 Å². The third-order valence-electron chi connectivity index (χ3n) is 3.66. The molecule has 0 amide bonds. The molecular formula is C14H17N5S. The first-order chi connectivity index (χ1) is 9.63. The molecule has 0 aliphatic rings. The van der Waals surface area contributed by atoms with Crippen molar-refractivity contribution in [2.45, 2.75) is 26.3 Å². The molecule has 3 aromatic heterocycles. The molecule has 6 heteroatoms. The number of aryl methyl sites for hydroxylation is 2. The van der Waals surface area contributed by atoms with Crippen LogP contribution in [0.3, 0.4) is 0 Å². The van der Waals surface area contributed by atoms with Gasteiger partial charge in [-0.25, -0.2) is 0 Å². The van der Waals surface area contributed by atoms with Crippen LogP contribution < -0.4 is 0 Å². The highest BCUT2D eigenvalue weighted by molar-refractivity contribution is 7.71.